The molecule has 0 N–H and O–H groups in total. The van der Waals surface area contributed by atoms with Crippen molar-refractivity contribution in [3.8, 4) is 0 Å². The number of hydrogen-bond acceptors (Lipinski definition) is 4. The van der Waals surface area contributed by atoms with E-state index in [1.54, 1.807) is 24.8 Å². The van der Waals surface area contributed by atoms with Crippen LogP contribution in [-0.4, -0.2) is 28.5 Å². The van der Waals surface area contributed by atoms with Gasteiger partial charge in [-0.2, -0.15) is 0 Å². The minimum atomic E-state index is 0.296. The number of aryl methyl sites for hydroxylation is 2. The van der Waals surface area contributed by atoms with Gasteiger partial charge in [0.2, 0.25) is 0 Å². The fourth-order valence-electron chi connectivity index (χ4n) is 1.86. The number of ether oxygens (including phenoxy) is 1. The second kappa shape index (κ2) is 5.42. The van der Waals surface area contributed by atoms with Gasteiger partial charge in [0.05, 0.1) is 12.3 Å². The van der Waals surface area contributed by atoms with Crippen molar-refractivity contribution < 1.29 is 4.74 Å². The quantitative estimate of drug-likeness (QED) is 0.812. The lowest BCUT2D eigenvalue weighted by Gasteiger charge is -2.08. The molecule has 2 heterocycles. The zero-order valence-corrected chi connectivity index (χ0v) is 12.6. The van der Waals surface area contributed by atoms with Crippen molar-refractivity contribution in [2.75, 3.05) is 13.7 Å². The third kappa shape index (κ3) is 2.67. The zero-order valence-electron chi connectivity index (χ0n) is 10.2. The molecule has 0 bridgehead atoms. The van der Waals surface area contributed by atoms with Gasteiger partial charge in [-0.25, -0.2) is 9.97 Å². The van der Waals surface area contributed by atoms with Crippen LogP contribution in [-0.2, 0) is 11.2 Å². The van der Waals surface area contributed by atoms with Gasteiger partial charge in [0.15, 0.2) is 0 Å². The summed E-state index contributed by atoms with van der Waals surface area (Å²) in [4.78, 5) is 11.5. The summed E-state index contributed by atoms with van der Waals surface area (Å²) in [5, 5.41) is 1.22. The first-order valence-corrected chi connectivity index (χ1v) is 7.19. The van der Waals surface area contributed by atoms with Crippen LogP contribution in [0.25, 0.3) is 10.2 Å². The van der Waals surface area contributed by atoms with Crippen molar-refractivity contribution in [1.82, 2.24) is 9.97 Å². The lowest BCUT2D eigenvalue weighted by molar-refractivity contribution is 0.200. The van der Waals surface area contributed by atoms with Gasteiger partial charge in [-0.05, 0) is 19.4 Å². The van der Waals surface area contributed by atoms with Gasteiger partial charge < -0.3 is 4.74 Å². The van der Waals surface area contributed by atoms with Crippen molar-refractivity contribution in [2.45, 2.75) is 25.1 Å². The molecule has 0 aliphatic carbocycles. The maximum atomic E-state index is 5.14. The molecule has 2 rings (SSSR count). The summed E-state index contributed by atoms with van der Waals surface area (Å²) in [6, 6.07) is 0. The summed E-state index contributed by atoms with van der Waals surface area (Å²) in [6.45, 7) is 4.96. The van der Waals surface area contributed by atoms with Gasteiger partial charge in [-0.3, -0.25) is 0 Å². The monoisotopic (exact) mass is 314 g/mol. The third-order valence-corrected chi connectivity index (χ3v) is 4.51. The molecule has 0 radical (unpaired) electrons. The van der Waals surface area contributed by atoms with E-state index in [9.17, 15) is 0 Å². The second-order valence-electron chi connectivity index (χ2n) is 4.04. The summed E-state index contributed by atoms with van der Waals surface area (Å²) in [7, 11) is 1.71. The summed E-state index contributed by atoms with van der Waals surface area (Å²) < 4.78 is 5.14. The number of thiophene rings is 1. The molecule has 0 aliphatic heterocycles. The Labute approximate surface area is 113 Å². The molecule has 5 heteroatoms. The zero-order chi connectivity index (χ0) is 12.4. The van der Waals surface area contributed by atoms with E-state index in [4.69, 9.17) is 4.74 Å². The summed E-state index contributed by atoms with van der Waals surface area (Å²) in [5.74, 6) is 0. The van der Waals surface area contributed by atoms with Crippen molar-refractivity contribution >= 4 is 37.5 Å². The van der Waals surface area contributed by atoms with E-state index < -0.39 is 0 Å². The van der Waals surface area contributed by atoms with Crippen LogP contribution in [0.1, 0.15) is 16.1 Å². The molecule has 2 aromatic heterocycles. The average Bonchev–Trinajstić information content (AvgIpc) is 2.56. The molecule has 0 saturated heterocycles. The molecule has 1 atom stereocenters. The predicted octanol–water partition coefficient (Wildman–Crippen LogP) is 3.26. The maximum absolute atomic E-state index is 5.14. The lowest BCUT2D eigenvalue weighted by atomic mass is 10.1. The first kappa shape index (κ1) is 12.9. The van der Waals surface area contributed by atoms with Gasteiger partial charge >= 0.3 is 0 Å². The Morgan fingerprint density at radius 2 is 2.18 bits per heavy atom. The molecule has 3 nitrogen and oxygen atoms in total. The second-order valence-corrected chi connectivity index (χ2v) is 6.54. The molecule has 0 spiro atoms. The Bertz CT molecular complexity index is 526. The highest BCUT2D eigenvalue weighted by atomic mass is 79.9. The van der Waals surface area contributed by atoms with Crippen molar-refractivity contribution in [1.29, 1.82) is 0 Å². The first-order chi connectivity index (χ1) is 8.13. The molecule has 17 heavy (non-hydrogen) atoms. The van der Waals surface area contributed by atoms with Gasteiger partial charge in [-0.1, -0.05) is 15.9 Å². The Morgan fingerprint density at radius 1 is 1.41 bits per heavy atom. The Hall–Kier alpha value is -0.520. The fourth-order valence-corrected chi connectivity index (χ4v) is 3.45. The number of aromatic nitrogens is 2. The molecule has 0 amide bonds. The number of halogens is 1. The van der Waals surface area contributed by atoms with Crippen LogP contribution in [0.5, 0.6) is 0 Å². The Morgan fingerprint density at radius 3 is 2.88 bits per heavy atom. The molecule has 2 aromatic rings. The molecule has 92 valence electrons. The topological polar surface area (TPSA) is 35.0 Å². The average molecular weight is 315 g/mol. The van der Waals surface area contributed by atoms with E-state index in [-0.39, 0.29) is 0 Å². The number of methoxy groups -OCH3 is 1. The lowest BCUT2D eigenvalue weighted by Crippen LogP contribution is -2.11. The fraction of sp³-hybridized carbons (Fsp3) is 0.500. The van der Waals surface area contributed by atoms with Crippen molar-refractivity contribution in [3.05, 3.63) is 22.5 Å². The molecule has 1 unspecified atom stereocenters. The van der Waals surface area contributed by atoms with Crippen LogP contribution < -0.4 is 0 Å². The maximum Gasteiger partial charge on any atom is 0.127 e. The van der Waals surface area contributed by atoms with Crippen molar-refractivity contribution in [2.24, 2.45) is 0 Å². The Balaban J connectivity index is 2.40. The number of rotatable bonds is 4. The highest BCUT2D eigenvalue weighted by molar-refractivity contribution is 9.09. The van der Waals surface area contributed by atoms with E-state index in [2.05, 4.69) is 39.7 Å². The van der Waals surface area contributed by atoms with Crippen LogP contribution in [0.3, 0.4) is 0 Å². The first-order valence-electron chi connectivity index (χ1n) is 5.46. The summed E-state index contributed by atoms with van der Waals surface area (Å²) in [6.07, 6.45) is 2.52. The highest BCUT2D eigenvalue weighted by Crippen LogP contribution is 2.30. The van der Waals surface area contributed by atoms with E-state index in [1.807, 2.05) is 0 Å². The SMILES string of the molecule is COCC(Br)Cc1ncnc2sc(C)c(C)c12. The van der Waals surface area contributed by atoms with E-state index >= 15 is 0 Å². The van der Waals surface area contributed by atoms with Crippen LogP contribution in [0.15, 0.2) is 6.33 Å². The molecule has 0 aromatic carbocycles. The van der Waals surface area contributed by atoms with Crippen LogP contribution in [0.2, 0.25) is 0 Å². The molecular formula is C12H15BrN2OS. The number of hydrogen-bond donors (Lipinski definition) is 0. The van der Waals surface area contributed by atoms with Crippen LogP contribution in [0, 0.1) is 13.8 Å². The standard InChI is InChI=1S/C12H15BrN2OS/c1-7-8(2)17-12-11(7)10(14-6-15-12)4-9(13)5-16-3/h6,9H,4-5H2,1-3H3. The van der Waals surface area contributed by atoms with Crippen LogP contribution >= 0.6 is 27.3 Å². The van der Waals surface area contributed by atoms with Gasteiger partial charge in [0, 0.05) is 28.6 Å². The highest BCUT2D eigenvalue weighted by Gasteiger charge is 2.14. The predicted molar refractivity (Wildman–Crippen MR) is 75.2 cm³/mol. The minimum absolute atomic E-state index is 0.296. The normalized spacial score (nSPS) is 13.2. The van der Waals surface area contributed by atoms with Gasteiger partial charge in [-0.15, -0.1) is 11.3 Å². The molecule has 0 fully saturated rings. The molecule has 0 aliphatic rings. The Kier molecular flexibility index (Phi) is 4.12. The van der Waals surface area contributed by atoms with E-state index in [0.29, 0.717) is 11.4 Å². The third-order valence-electron chi connectivity index (χ3n) is 2.81. The van der Waals surface area contributed by atoms with Crippen molar-refractivity contribution in [3.63, 3.8) is 0 Å². The molecular weight excluding hydrogens is 300 g/mol. The van der Waals surface area contributed by atoms with Gasteiger partial charge in [0.25, 0.3) is 0 Å². The molecule has 0 saturated carbocycles. The summed E-state index contributed by atoms with van der Waals surface area (Å²) in [5.41, 5.74) is 2.41. The smallest absolute Gasteiger partial charge is 0.127 e. The number of nitrogens with zero attached hydrogens (tertiary/aromatic N) is 2. The van der Waals surface area contributed by atoms with Crippen LogP contribution in [0.4, 0.5) is 0 Å². The summed E-state index contributed by atoms with van der Waals surface area (Å²) >= 11 is 5.35. The number of fused-ring (bicyclic) bond motifs is 1. The minimum Gasteiger partial charge on any atom is -0.384 e. The number of alkyl halides is 1. The van der Waals surface area contributed by atoms with Gasteiger partial charge in [0.1, 0.15) is 11.2 Å². The van der Waals surface area contributed by atoms with E-state index in [1.165, 1.54) is 15.8 Å². The van der Waals surface area contributed by atoms with E-state index in [0.717, 1.165) is 16.9 Å². The largest absolute Gasteiger partial charge is 0.384 e.